The van der Waals surface area contributed by atoms with Crippen molar-refractivity contribution in [1.29, 1.82) is 0 Å². The first-order valence-corrected chi connectivity index (χ1v) is 18.2. The third-order valence-corrected chi connectivity index (χ3v) is 8.71. The number of aromatic nitrogens is 2. The van der Waals surface area contributed by atoms with Gasteiger partial charge in [-0.05, 0) is 124 Å². The van der Waals surface area contributed by atoms with Gasteiger partial charge in [-0.1, -0.05) is 12.1 Å². The van der Waals surface area contributed by atoms with Crippen LogP contribution in [0, 0.1) is 18.6 Å². The third kappa shape index (κ3) is 12.5. The molecule has 0 amide bonds. The molecule has 1 aliphatic heterocycles. The molecular formula is C43H51BF2N2O10. The van der Waals surface area contributed by atoms with Crippen LogP contribution in [0.3, 0.4) is 0 Å². The summed E-state index contributed by atoms with van der Waals surface area (Å²) in [4.78, 5) is 55.0. The number of carbonyl (C=O) groups excluding carboxylic acids is 4. The van der Waals surface area contributed by atoms with Gasteiger partial charge < -0.3 is 28.3 Å². The molecule has 15 heteroatoms. The monoisotopic (exact) mass is 804 g/mol. The lowest BCUT2D eigenvalue weighted by molar-refractivity contribution is 0.00567. The summed E-state index contributed by atoms with van der Waals surface area (Å²) in [6.07, 6.45) is 5.18. The Morgan fingerprint density at radius 2 is 1.07 bits per heavy atom. The Kier molecular flexibility index (Phi) is 15.2. The van der Waals surface area contributed by atoms with Crippen LogP contribution in [0.2, 0.25) is 0 Å². The van der Waals surface area contributed by atoms with Gasteiger partial charge in [-0.15, -0.1) is 0 Å². The Bertz CT molecular complexity index is 2110. The van der Waals surface area contributed by atoms with Crippen molar-refractivity contribution in [2.24, 2.45) is 0 Å². The molecule has 0 aliphatic carbocycles. The summed E-state index contributed by atoms with van der Waals surface area (Å²) in [6.45, 7) is 20.1. The van der Waals surface area contributed by atoms with Gasteiger partial charge >= 0.3 is 31.0 Å². The molecule has 0 bridgehead atoms. The molecule has 58 heavy (non-hydrogen) atoms. The van der Waals surface area contributed by atoms with Crippen molar-refractivity contribution in [2.45, 2.75) is 98.6 Å². The van der Waals surface area contributed by atoms with E-state index in [1.165, 1.54) is 63.1 Å². The van der Waals surface area contributed by atoms with Crippen molar-refractivity contribution in [1.82, 2.24) is 9.97 Å². The summed E-state index contributed by atoms with van der Waals surface area (Å²) >= 11 is 0. The largest absolute Gasteiger partial charge is 0.497 e. The molecule has 1 aliphatic rings. The van der Waals surface area contributed by atoms with Gasteiger partial charge in [-0.2, -0.15) is 0 Å². The quantitative estimate of drug-likeness (QED) is 0.106. The molecule has 0 N–H and O–H groups in total. The normalized spacial score (nSPS) is 14.2. The van der Waals surface area contributed by atoms with Crippen LogP contribution in [-0.2, 0) is 28.3 Å². The topological polar surface area (TPSA) is 149 Å². The number of ether oxygens (including phenoxy) is 4. The van der Waals surface area contributed by atoms with Crippen molar-refractivity contribution in [3.05, 3.63) is 113 Å². The van der Waals surface area contributed by atoms with Gasteiger partial charge in [0.25, 0.3) is 0 Å². The van der Waals surface area contributed by atoms with E-state index in [0.717, 1.165) is 11.8 Å². The van der Waals surface area contributed by atoms with E-state index in [-0.39, 0.29) is 16.7 Å². The minimum absolute atomic E-state index is 0.0814. The molecule has 3 heterocycles. The van der Waals surface area contributed by atoms with Crippen LogP contribution in [0.15, 0.2) is 73.3 Å². The molecule has 5 rings (SSSR count). The Morgan fingerprint density at radius 3 is 1.53 bits per heavy atom. The zero-order chi connectivity index (χ0) is 43.8. The lowest BCUT2D eigenvalue weighted by atomic mass is 9.79. The lowest BCUT2D eigenvalue weighted by Crippen LogP contribution is -2.41. The number of rotatable bonds is 6. The van der Waals surface area contributed by atoms with Gasteiger partial charge in [-0.3, -0.25) is 9.97 Å². The van der Waals surface area contributed by atoms with Crippen LogP contribution < -0.4 is 5.46 Å². The van der Waals surface area contributed by atoms with Crippen LogP contribution in [0.5, 0.6) is 0 Å². The van der Waals surface area contributed by atoms with Crippen molar-refractivity contribution >= 4 is 36.5 Å². The van der Waals surface area contributed by atoms with Crippen LogP contribution in [0.25, 0.3) is 11.1 Å². The molecule has 0 saturated carbocycles. The smallest absolute Gasteiger partial charge is 0.465 e. The zero-order valence-electron chi connectivity index (χ0n) is 35.2. The van der Waals surface area contributed by atoms with E-state index >= 15 is 0 Å². The third-order valence-electron chi connectivity index (χ3n) is 8.71. The maximum absolute atomic E-state index is 14.1. The molecule has 2 aromatic heterocycles. The second-order valence-electron chi connectivity index (χ2n) is 16.1. The summed E-state index contributed by atoms with van der Waals surface area (Å²) in [5, 5.41) is 0. The van der Waals surface area contributed by atoms with Crippen molar-refractivity contribution < 1.29 is 56.2 Å². The molecule has 0 radical (unpaired) electrons. The van der Waals surface area contributed by atoms with Crippen LogP contribution >= 0.6 is 0 Å². The highest BCUT2D eigenvalue weighted by molar-refractivity contribution is 6.62. The Labute approximate surface area is 338 Å². The average molecular weight is 805 g/mol. The van der Waals surface area contributed by atoms with E-state index in [0.29, 0.717) is 22.2 Å². The molecule has 1 saturated heterocycles. The Hall–Kier alpha value is -5.54. The lowest BCUT2D eigenvalue weighted by Gasteiger charge is -2.32. The van der Waals surface area contributed by atoms with Gasteiger partial charge in [0.1, 0.15) is 22.8 Å². The predicted octanol–water partition coefficient (Wildman–Crippen LogP) is 7.89. The minimum atomic E-state index is -0.730. The fourth-order valence-electron chi connectivity index (χ4n) is 5.09. The number of hydrogen-bond donors (Lipinski definition) is 0. The first-order chi connectivity index (χ1) is 26.8. The van der Waals surface area contributed by atoms with E-state index < -0.39 is 65.0 Å². The highest BCUT2D eigenvalue weighted by atomic mass is 19.1. The highest BCUT2D eigenvalue weighted by Crippen LogP contribution is 2.36. The first-order valence-electron chi connectivity index (χ1n) is 18.2. The van der Waals surface area contributed by atoms with Gasteiger partial charge in [0.05, 0.1) is 60.1 Å². The molecule has 1 fully saturated rings. The maximum atomic E-state index is 14.1. The van der Waals surface area contributed by atoms with Gasteiger partial charge in [0.15, 0.2) is 0 Å². The molecule has 0 atom stereocenters. The van der Waals surface area contributed by atoms with Crippen LogP contribution in [0.1, 0.15) is 116 Å². The summed E-state index contributed by atoms with van der Waals surface area (Å²) in [6, 6.07) is 12.2. The van der Waals surface area contributed by atoms with E-state index in [2.05, 4.69) is 19.4 Å². The molecule has 4 aromatic rings. The van der Waals surface area contributed by atoms with E-state index in [4.69, 9.17) is 18.8 Å². The Morgan fingerprint density at radius 1 is 0.621 bits per heavy atom. The number of benzene rings is 2. The maximum Gasteiger partial charge on any atom is 0.497 e. The number of carbonyl (C=O) groups is 4. The van der Waals surface area contributed by atoms with E-state index in [9.17, 15) is 28.0 Å². The summed E-state index contributed by atoms with van der Waals surface area (Å²) < 4.78 is 59.0. The number of halogens is 2. The summed E-state index contributed by atoms with van der Waals surface area (Å²) in [7, 11) is 1.88. The highest BCUT2D eigenvalue weighted by Gasteiger charge is 2.52. The van der Waals surface area contributed by atoms with Crippen LogP contribution in [-0.4, -0.2) is 77.6 Å². The molecule has 12 nitrogen and oxygen atoms in total. The molecular weight excluding hydrogens is 753 g/mol. The summed E-state index contributed by atoms with van der Waals surface area (Å²) in [5.74, 6) is -3.14. The molecule has 2 aromatic carbocycles. The number of pyridine rings is 2. The second-order valence-corrected chi connectivity index (χ2v) is 16.1. The van der Waals surface area contributed by atoms with Gasteiger partial charge in [0.2, 0.25) is 0 Å². The number of hydrogen-bond acceptors (Lipinski definition) is 12. The number of methoxy groups -OCH3 is 2. The molecule has 0 spiro atoms. The minimum Gasteiger partial charge on any atom is -0.465 e. The SMILES string of the molecule is CC1(C)OB(c2ccncc2F)OC1(C)C.COC(=O)c1ccc(-c2ccncc2F)c(C(=O)OC(C)(C)C)c1.COC(=O)c1ccc(C)c(C(=O)OC(C)(C)C)c1. The number of nitrogens with zero attached hydrogens (tertiary/aromatic N) is 2. The van der Waals surface area contributed by atoms with Crippen LogP contribution in [0.4, 0.5) is 8.78 Å². The predicted molar refractivity (Wildman–Crippen MR) is 214 cm³/mol. The van der Waals surface area contributed by atoms with Gasteiger partial charge in [0, 0.05) is 23.4 Å². The first kappa shape index (κ1) is 46.8. The standard InChI is InChI=1S/C18H18FNO4.C14H18O4.C11H15BFNO2/c1-18(2,3)24-17(22)14-9-11(16(21)23-4)5-6-12(14)13-7-8-20-10-15(13)19;1-9-6-7-10(12(15)17-5)8-11(9)13(16)18-14(2,3)4;1-10(2)11(3,4)16-12(15-10)8-5-6-14-7-9(8)13/h5-10H,1-4H3;6-8H,1-5H3;5-7H,1-4H3. The average Bonchev–Trinajstić information content (AvgIpc) is 3.35. The summed E-state index contributed by atoms with van der Waals surface area (Å²) in [5.41, 5.74) is 0.453. The Balaban J connectivity index is 0.000000239. The fraction of sp³-hybridized carbons (Fsp3) is 0.395. The molecule has 310 valence electrons. The number of aryl methyl sites for hydroxylation is 1. The molecule has 0 unspecified atom stereocenters. The van der Waals surface area contributed by atoms with Crippen molar-refractivity contribution in [3.63, 3.8) is 0 Å². The second kappa shape index (κ2) is 18.8. The van der Waals surface area contributed by atoms with Crippen molar-refractivity contribution in [2.75, 3.05) is 14.2 Å². The zero-order valence-corrected chi connectivity index (χ0v) is 35.2. The number of esters is 4. The van der Waals surface area contributed by atoms with E-state index in [1.807, 2.05) is 27.7 Å². The van der Waals surface area contributed by atoms with Gasteiger partial charge in [-0.25, -0.2) is 28.0 Å². The van der Waals surface area contributed by atoms with Crippen molar-refractivity contribution in [3.8, 4) is 11.1 Å². The van der Waals surface area contributed by atoms with E-state index in [1.54, 1.807) is 66.7 Å². The fourth-order valence-corrected chi connectivity index (χ4v) is 5.09.